The maximum absolute atomic E-state index is 12.9. The Morgan fingerprint density at radius 3 is 2.37 bits per heavy atom. The summed E-state index contributed by atoms with van der Waals surface area (Å²) >= 11 is 0. The van der Waals surface area contributed by atoms with Crippen LogP contribution < -0.4 is 5.32 Å². The number of carboxylic acid groups (broad SMARTS) is 1. The van der Waals surface area contributed by atoms with Gasteiger partial charge in [0, 0.05) is 12.6 Å². The van der Waals surface area contributed by atoms with Gasteiger partial charge in [0.05, 0.1) is 11.8 Å². The number of hydrogen-bond donors (Lipinski definition) is 2. The van der Waals surface area contributed by atoms with Crippen LogP contribution in [0.5, 0.6) is 0 Å². The molecule has 0 saturated heterocycles. The number of rotatable bonds is 5. The van der Waals surface area contributed by atoms with Gasteiger partial charge in [0.25, 0.3) is 0 Å². The monoisotopic (exact) mass is 269 g/mol. The standard InChI is InChI=1S/C13H13F2NO3/c14-8-3-7(4-9(15)5-8)1-2-16-12(17)10-6-11(10)13(18)19/h3-5,10-11H,1-2,6H2,(H,16,17)(H,18,19)/t10-,11+/m1/s1. The third-order valence-corrected chi connectivity index (χ3v) is 3.08. The molecule has 1 saturated carbocycles. The summed E-state index contributed by atoms with van der Waals surface area (Å²) in [5.74, 6) is -3.66. The van der Waals surface area contributed by atoms with Gasteiger partial charge in [-0.2, -0.15) is 0 Å². The van der Waals surface area contributed by atoms with Crippen molar-refractivity contribution >= 4 is 11.9 Å². The lowest BCUT2D eigenvalue weighted by molar-refractivity contribution is -0.140. The summed E-state index contributed by atoms with van der Waals surface area (Å²) in [6.07, 6.45) is 0.653. The summed E-state index contributed by atoms with van der Waals surface area (Å²) in [4.78, 5) is 22.1. The molecule has 2 rings (SSSR count). The lowest BCUT2D eigenvalue weighted by Gasteiger charge is -2.05. The zero-order chi connectivity index (χ0) is 14.0. The summed E-state index contributed by atoms with van der Waals surface area (Å²) in [5.41, 5.74) is 0.448. The second-order valence-corrected chi connectivity index (χ2v) is 4.61. The Morgan fingerprint density at radius 1 is 1.21 bits per heavy atom. The average molecular weight is 269 g/mol. The minimum absolute atomic E-state index is 0.227. The first-order valence-corrected chi connectivity index (χ1v) is 5.93. The van der Waals surface area contributed by atoms with E-state index in [9.17, 15) is 18.4 Å². The molecule has 0 aliphatic heterocycles. The third kappa shape index (κ3) is 3.49. The van der Waals surface area contributed by atoms with E-state index in [0.717, 1.165) is 6.07 Å². The largest absolute Gasteiger partial charge is 0.481 e. The molecule has 0 heterocycles. The van der Waals surface area contributed by atoms with E-state index in [2.05, 4.69) is 5.32 Å². The fourth-order valence-electron chi connectivity index (χ4n) is 1.97. The topological polar surface area (TPSA) is 66.4 Å². The Hall–Kier alpha value is -1.98. The highest BCUT2D eigenvalue weighted by molar-refractivity contribution is 5.89. The number of aliphatic carboxylic acids is 1. The van der Waals surface area contributed by atoms with E-state index in [1.54, 1.807) is 0 Å². The van der Waals surface area contributed by atoms with Gasteiger partial charge in [-0.05, 0) is 30.5 Å². The molecule has 0 radical (unpaired) electrons. The predicted octanol–water partition coefficient (Wildman–Crippen LogP) is 1.34. The van der Waals surface area contributed by atoms with Crippen molar-refractivity contribution in [2.45, 2.75) is 12.8 Å². The van der Waals surface area contributed by atoms with Crippen molar-refractivity contribution in [2.24, 2.45) is 11.8 Å². The molecule has 1 aromatic carbocycles. The van der Waals surface area contributed by atoms with Gasteiger partial charge in [0.2, 0.25) is 5.91 Å². The fourth-order valence-corrected chi connectivity index (χ4v) is 1.97. The van der Waals surface area contributed by atoms with Gasteiger partial charge in [-0.25, -0.2) is 8.78 Å². The van der Waals surface area contributed by atoms with Crippen molar-refractivity contribution < 1.29 is 23.5 Å². The van der Waals surface area contributed by atoms with E-state index in [-0.39, 0.29) is 12.5 Å². The van der Waals surface area contributed by atoms with Crippen molar-refractivity contribution in [3.63, 3.8) is 0 Å². The molecule has 1 aliphatic carbocycles. The number of nitrogens with one attached hydrogen (secondary N) is 1. The molecule has 1 aliphatic rings. The van der Waals surface area contributed by atoms with Crippen molar-refractivity contribution in [3.8, 4) is 0 Å². The molecule has 1 amide bonds. The number of carbonyl (C=O) groups is 2. The highest BCUT2D eigenvalue weighted by atomic mass is 19.1. The molecular weight excluding hydrogens is 256 g/mol. The molecule has 2 atom stereocenters. The van der Waals surface area contributed by atoms with Crippen LogP contribution in [0.25, 0.3) is 0 Å². The quantitative estimate of drug-likeness (QED) is 0.847. The van der Waals surface area contributed by atoms with E-state index >= 15 is 0 Å². The Morgan fingerprint density at radius 2 is 1.84 bits per heavy atom. The molecule has 0 aromatic heterocycles. The van der Waals surface area contributed by atoms with Crippen molar-refractivity contribution in [3.05, 3.63) is 35.4 Å². The van der Waals surface area contributed by atoms with Crippen molar-refractivity contribution in [1.82, 2.24) is 5.32 Å². The van der Waals surface area contributed by atoms with Crippen LogP contribution in [0.2, 0.25) is 0 Å². The maximum Gasteiger partial charge on any atom is 0.307 e. The number of carbonyl (C=O) groups excluding carboxylic acids is 1. The van der Waals surface area contributed by atoms with Crippen LogP contribution in [0.15, 0.2) is 18.2 Å². The van der Waals surface area contributed by atoms with E-state index in [4.69, 9.17) is 5.11 Å². The van der Waals surface area contributed by atoms with Gasteiger partial charge in [0.15, 0.2) is 0 Å². The first-order chi connectivity index (χ1) is 8.97. The smallest absolute Gasteiger partial charge is 0.307 e. The van der Waals surface area contributed by atoms with E-state index < -0.39 is 29.4 Å². The molecular formula is C13H13F2NO3. The van der Waals surface area contributed by atoms with E-state index in [1.165, 1.54) is 12.1 Å². The van der Waals surface area contributed by atoms with Crippen molar-refractivity contribution in [1.29, 1.82) is 0 Å². The van der Waals surface area contributed by atoms with E-state index in [0.29, 0.717) is 18.4 Å². The molecule has 0 unspecified atom stereocenters. The number of carboxylic acids is 1. The Bertz CT molecular complexity index is 498. The lowest BCUT2D eigenvalue weighted by Crippen LogP contribution is -2.28. The average Bonchev–Trinajstić information content (AvgIpc) is 3.07. The van der Waals surface area contributed by atoms with Crippen LogP contribution in [-0.2, 0) is 16.0 Å². The minimum atomic E-state index is -0.965. The molecule has 1 aromatic rings. The molecule has 4 nitrogen and oxygen atoms in total. The Kier molecular flexibility index (Phi) is 3.78. The molecule has 6 heteroatoms. The second kappa shape index (κ2) is 5.34. The molecule has 0 spiro atoms. The van der Waals surface area contributed by atoms with Crippen LogP contribution in [-0.4, -0.2) is 23.5 Å². The van der Waals surface area contributed by atoms with Gasteiger partial charge in [0.1, 0.15) is 11.6 Å². The predicted molar refractivity (Wildman–Crippen MR) is 62.3 cm³/mol. The molecule has 19 heavy (non-hydrogen) atoms. The summed E-state index contributed by atoms with van der Waals surface area (Å²) in [5, 5.41) is 11.2. The van der Waals surface area contributed by atoms with Gasteiger partial charge in [-0.15, -0.1) is 0 Å². The second-order valence-electron chi connectivity index (χ2n) is 4.61. The number of amides is 1. The molecule has 2 N–H and O–H groups in total. The van der Waals surface area contributed by atoms with Gasteiger partial charge in [-0.3, -0.25) is 9.59 Å². The first-order valence-electron chi connectivity index (χ1n) is 5.93. The third-order valence-electron chi connectivity index (χ3n) is 3.08. The zero-order valence-corrected chi connectivity index (χ0v) is 10.0. The normalized spacial score (nSPS) is 20.9. The van der Waals surface area contributed by atoms with Crippen LogP contribution in [0.4, 0.5) is 8.78 Å². The van der Waals surface area contributed by atoms with E-state index in [1.807, 2.05) is 0 Å². The SMILES string of the molecule is O=C(O)[C@H]1C[C@H]1C(=O)NCCc1cc(F)cc(F)c1. The number of benzene rings is 1. The highest BCUT2D eigenvalue weighted by Gasteiger charge is 2.48. The summed E-state index contributed by atoms with van der Waals surface area (Å²) < 4.78 is 25.8. The minimum Gasteiger partial charge on any atom is -0.481 e. The van der Waals surface area contributed by atoms with Crippen LogP contribution in [0.3, 0.4) is 0 Å². The Balaban J connectivity index is 1.78. The van der Waals surface area contributed by atoms with Crippen LogP contribution in [0.1, 0.15) is 12.0 Å². The lowest BCUT2D eigenvalue weighted by atomic mass is 10.1. The molecule has 0 bridgehead atoms. The summed E-state index contributed by atoms with van der Waals surface area (Å²) in [6, 6.07) is 3.18. The van der Waals surface area contributed by atoms with Crippen LogP contribution >= 0.6 is 0 Å². The Labute approximate surface area is 108 Å². The summed E-state index contributed by atoms with van der Waals surface area (Å²) in [6.45, 7) is 0.227. The van der Waals surface area contributed by atoms with Gasteiger partial charge in [-0.1, -0.05) is 0 Å². The molecule has 1 fully saturated rings. The molecule has 102 valence electrons. The maximum atomic E-state index is 12.9. The number of hydrogen-bond acceptors (Lipinski definition) is 2. The fraction of sp³-hybridized carbons (Fsp3) is 0.385. The van der Waals surface area contributed by atoms with Crippen LogP contribution in [0, 0.1) is 23.5 Å². The van der Waals surface area contributed by atoms with Gasteiger partial charge >= 0.3 is 5.97 Å². The number of halogens is 2. The first kappa shape index (κ1) is 13.5. The highest BCUT2D eigenvalue weighted by Crippen LogP contribution is 2.38. The zero-order valence-electron chi connectivity index (χ0n) is 10.0. The summed E-state index contributed by atoms with van der Waals surface area (Å²) in [7, 11) is 0. The van der Waals surface area contributed by atoms with Crippen molar-refractivity contribution in [2.75, 3.05) is 6.54 Å². The van der Waals surface area contributed by atoms with Gasteiger partial charge < -0.3 is 10.4 Å².